The second kappa shape index (κ2) is 6.99. The van der Waals surface area contributed by atoms with E-state index in [1.165, 1.54) is 19.3 Å². The van der Waals surface area contributed by atoms with Gasteiger partial charge in [-0.05, 0) is 37.1 Å². The van der Waals surface area contributed by atoms with Gasteiger partial charge in [-0.1, -0.05) is 50.1 Å². The van der Waals surface area contributed by atoms with Crippen LogP contribution in [0.4, 0.5) is 11.4 Å². The van der Waals surface area contributed by atoms with E-state index >= 15 is 0 Å². The van der Waals surface area contributed by atoms with Crippen LogP contribution in [0.1, 0.15) is 33.1 Å². The lowest BCUT2D eigenvalue weighted by molar-refractivity contribution is 0.645. The summed E-state index contributed by atoms with van der Waals surface area (Å²) >= 11 is 0. The molecule has 0 amide bonds. The normalized spacial score (nSPS) is 12.1. The highest BCUT2D eigenvalue weighted by atomic mass is 14.9. The molecule has 0 fully saturated rings. The smallest absolute Gasteiger partial charge is 0.0395 e. The van der Waals surface area contributed by atoms with Crippen molar-refractivity contribution in [2.75, 3.05) is 11.1 Å². The number of nitrogens with one attached hydrogen (secondary N) is 1. The Morgan fingerprint density at radius 3 is 2.55 bits per heavy atom. The molecule has 1 unspecified atom stereocenters. The predicted molar refractivity (Wildman–Crippen MR) is 88.9 cm³/mol. The van der Waals surface area contributed by atoms with Crippen molar-refractivity contribution in [1.82, 2.24) is 0 Å². The van der Waals surface area contributed by atoms with Crippen LogP contribution in [0.15, 0.2) is 48.5 Å². The van der Waals surface area contributed by atoms with E-state index in [-0.39, 0.29) is 0 Å². The Hall–Kier alpha value is -1.96. The lowest BCUT2D eigenvalue weighted by Gasteiger charge is -2.16. The van der Waals surface area contributed by atoms with Gasteiger partial charge in [-0.2, -0.15) is 0 Å². The number of hydrogen-bond acceptors (Lipinski definition) is 2. The van der Waals surface area contributed by atoms with Crippen molar-refractivity contribution in [2.24, 2.45) is 0 Å². The van der Waals surface area contributed by atoms with Gasteiger partial charge in [0.2, 0.25) is 0 Å². The summed E-state index contributed by atoms with van der Waals surface area (Å²) in [5, 5.41) is 3.56. The monoisotopic (exact) mass is 268 g/mol. The van der Waals surface area contributed by atoms with Crippen LogP contribution in [0.3, 0.4) is 0 Å². The van der Waals surface area contributed by atoms with Gasteiger partial charge >= 0.3 is 0 Å². The topological polar surface area (TPSA) is 38.0 Å². The van der Waals surface area contributed by atoms with E-state index in [4.69, 9.17) is 5.73 Å². The fourth-order valence-electron chi connectivity index (χ4n) is 2.38. The molecule has 0 saturated carbocycles. The van der Waals surface area contributed by atoms with Crippen LogP contribution < -0.4 is 11.1 Å². The maximum Gasteiger partial charge on any atom is 0.0395 e. The Balaban J connectivity index is 2.17. The number of benzene rings is 2. The minimum atomic E-state index is 0.488. The molecule has 20 heavy (non-hydrogen) atoms. The zero-order valence-corrected chi connectivity index (χ0v) is 12.4. The summed E-state index contributed by atoms with van der Waals surface area (Å²) in [6.45, 7) is 4.46. The maximum absolute atomic E-state index is 6.10. The van der Waals surface area contributed by atoms with Crippen LogP contribution in [0.25, 0.3) is 11.1 Å². The fourth-order valence-corrected chi connectivity index (χ4v) is 2.38. The summed E-state index contributed by atoms with van der Waals surface area (Å²) in [5.41, 5.74) is 10.3. The van der Waals surface area contributed by atoms with Crippen molar-refractivity contribution in [3.05, 3.63) is 48.5 Å². The van der Waals surface area contributed by atoms with Gasteiger partial charge < -0.3 is 11.1 Å². The van der Waals surface area contributed by atoms with E-state index in [1.807, 2.05) is 24.3 Å². The van der Waals surface area contributed by atoms with E-state index in [2.05, 4.69) is 43.4 Å². The third-order valence-corrected chi connectivity index (χ3v) is 3.54. The van der Waals surface area contributed by atoms with E-state index < -0.39 is 0 Å². The van der Waals surface area contributed by atoms with E-state index in [1.54, 1.807) is 0 Å². The van der Waals surface area contributed by atoms with Crippen molar-refractivity contribution < 1.29 is 0 Å². The first-order valence-electron chi connectivity index (χ1n) is 7.42. The average Bonchev–Trinajstić information content (AvgIpc) is 2.48. The molecule has 2 rings (SSSR count). The second-order valence-corrected chi connectivity index (χ2v) is 5.36. The van der Waals surface area contributed by atoms with E-state index in [9.17, 15) is 0 Å². The van der Waals surface area contributed by atoms with Gasteiger partial charge in [-0.25, -0.2) is 0 Å². The highest BCUT2D eigenvalue weighted by Crippen LogP contribution is 2.29. The third kappa shape index (κ3) is 3.77. The molecule has 2 nitrogen and oxygen atoms in total. The Bertz CT molecular complexity index is 534. The zero-order chi connectivity index (χ0) is 14.4. The van der Waals surface area contributed by atoms with Gasteiger partial charge in [0.05, 0.1) is 0 Å². The van der Waals surface area contributed by atoms with Crippen molar-refractivity contribution in [3.63, 3.8) is 0 Å². The van der Waals surface area contributed by atoms with Gasteiger partial charge in [0, 0.05) is 23.0 Å². The SMILES string of the molecule is CCCCC(C)Nc1ccc(N)c(-c2ccccc2)c1. The average molecular weight is 268 g/mol. The largest absolute Gasteiger partial charge is 0.398 e. The van der Waals surface area contributed by atoms with Crippen molar-refractivity contribution in [3.8, 4) is 11.1 Å². The molecule has 0 aromatic heterocycles. The van der Waals surface area contributed by atoms with Crippen LogP contribution in [-0.4, -0.2) is 6.04 Å². The molecule has 0 bridgehead atoms. The lowest BCUT2D eigenvalue weighted by Crippen LogP contribution is -2.14. The molecule has 1 atom stereocenters. The van der Waals surface area contributed by atoms with Crippen molar-refractivity contribution in [2.45, 2.75) is 39.2 Å². The van der Waals surface area contributed by atoms with E-state index in [0.717, 1.165) is 22.5 Å². The van der Waals surface area contributed by atoms with Gasteiger partial charge in [0.15, 0.2) is 0 Å². The minimum absolute atomic E-state index is 0.488. The number of anilines is 2. The molecule has 0 aliphatic rings. The van der Waals surface area contributed by atoms with Gasteiger partial charge in [0.1, 0.15) is 0 Å². The third-order valence-electron chi connectivity index (χ3n) is 3.54. The molecule has 3 N–H and O–H groups in total. The summed E-state index contributed by atoms with van der Waals surface area (Å²) in [4.78, 5) is 0. The summed E-state index contributed by atoms with van der Waals surface area (Å²) in [5.74, 6) is 0. The van der Waals surface area contributed by atoms with E-state index in [0.29, 0.717) is 6.04 Å². The molecule has 0 aliphatic heterocycles. The summed E-state index contributed by atoms with van der Waals surface area (Å²) in [7, 11) is 0. The molecule has 2 aromatic rings. The molecule has 0 heterocycles. The van der Waals surface area contributed by atoms with Crippen LogP contribution in [0.5, 0.6) is 0 Å². The van der Waals surface area contributed by atoms with Crippen LogP contribution in [0.2, 0.25) is 0 Å². The number of hydrogen-bond donors (Lipinski definition) is 2. The Labute approximate surface area is 122 Å². The molecule has 106 valence electrons. The molecule has 0 spiro atoms. The Kier molecular flexibility index (Phi) is 5.05. The minimum Gasteiger partial charge on any atom is -0.398 e. The van der Waals surface area contributed by atoms with Crippen molar-refractivity contribution in [1.29, 1.82) is 0 Å². The highest BCUT2D eigenvalue weighted by Gasteiger charge is 2.06. The predicted octanol–water partition coefficient (Wildman–Crippen LogP) is 4.93. The first-order valence-corrected chi connectivity index (χ1v) is 7.42. The molecule has 2 aromatic carbocycles. The van der Waals surface area contributed by atoms with Gasteiger partial charge in [-0.15, -0.1) is 0 Å². The number of nitrogen functional groups attached to an aromatic ring is 1. The van der Waals surface area contributed by atoms with Crippen LogP contribution >= 0.6 is 0 Å². The standard InChI is InChI=1S/C18H24N2/c1-3-4-8-14(2)20-16-11-12-18(19)17(13-16)15-9-6-5-7-10-15/h5-7,9-14,20H,3-4,8,19H2,1-2H3. The molecule has 0 aliphatic carbocycles. The maximum atomic E-state index is 6.10. The second-order valence-electron chi connectivity index (χ2n) is 5.36. The number of unbranched alkanes of at least 4 members (excludes halogenated alkanes) is 1. The summed E-state index contributed by atoms with van der Waals surface area (Å²) in [6.07, 6.45) is 3.69. The van der Waals surface area contributed by atoms with Gasteiger partial charge in [0.25, 0.3) is 0 Å². The molecule has 2 heteroatoms. The summed E-state index contributed by atoms with van der Waals surface area (Å²) < 4.78 is 0. The first kappa shape index (κ1) is 14.4. The van der Waals surface area contributed by atoms with Crippen molar-refractivity contribution >= 4 is 11.4 Å². The molecular weight excluding hydrogens is 244 g/mol. The van der Waals surface area contributed by atoms with Crippen LogP contribution in [-0.2, 0) is 0 Å². The zero-order valence-electron chi connectivity index (χ0n) is 12.4. The summed E-state index contributed by atoms with van der Waals surface area (Å²) in [6, 6.07) is 17.0. The lowest BCUT2D eigenvalue weighted by atomic mass is 10.0. The molecule has 0 radical (unpaired) electrons. The van der Waals surface area contributed by atoms with Crippen LogP contribution in [0, 0.1) is 0 Å². The Morgan fingerprint density at radius 2 is 1.85 bits per heavy atom. The molecular formula is C18H24N2. The fraction of sp³-hybridized carbons (Fsp3) is 0.333. The Morgan fingerprint density at radius 1 is 1.10 bits per heavy atom. The number of rotatable bonds is 6. The number of nitrogens with two attached hydrogens (primary N) is 1. The quantitative estimate of drug-likeness (QED) is 0.729. The highest BCUT2D eigenvalue weighted by molar-refractivity contribution is 5.79. The molecule has 0 saturated heterocycles. The first-order chi connectivity index (χ1) is 9.70. The van der Waals surface area contributed by atoms with Gasteiger partial charge in [-0.3, -0.25) is 0 Å².